The fourth-order valence-corrected chi connectivity index (χ4v) is 2.77. The van der Waals surface area contributed by atoms with Crippen molar-refractivity contribution < 1.29 is 14.6 Å². The third-order valence-corrected chi connectivity index (χ3v) is 4.20. The van der Waals surface area contributed by atoms with Gasteiger partial charge in [0.05, 0.1) is 25.4 Å². The highest BCUT2D eigenvalue weighted by Crippen LogP contribution is 2.18. The van der Waals surface area contributed by atoms with Crippen molar-refractivity contribution >= 4 is 5.96 Å². The summed E-state index contributed by atoms with van der Waals surface area (Å²) in [6.07, 6.45) is -0.511. The second kappa shape index (κ2) is 12.1. The molecule has 0 aromatic heterocycles. The molecule has 0 aliphatic heterocycles. The summed E-state index contributed by atoms with van der Waals surface area (Å²) in [5.41, 5.74) is 3.08. The average Bonchev–Trinajstić information content (AvgIpc) is 2.71. The fourth-order valence-electron chi connectivity index (χ4n) is 2.77. The number of aliphatic imine (C=N–C) groups is 1. The average molecular weight is 400 g/mol. The van der Waals surface area contributed by atoms with Gasteiger partial charge in [-0.25, -0.2) is 4.99 Å². The Bertz CT molecular complexity index is 743. The zero-order valence-corrected chi connectivity index (χ0v) is 17.8. The lowest BCUT2D eigenvalue weighted by atomic mass is 10.1. The van der Waals surface area contributed by atoms with Crippen LogP contribution in [0.4, 0.5) is 0 Å². The SMILES string of the molecule is CCNC(=NCc1ccc(COC)cc1)NCC(O)c1ccc(OC(C)C)cc1. The van der Waals surface area contributed by atoms with Gasteiger partial charge < -0.3 is 25.2 Å². The summed E-state index contributed by atoms with van der Waals surface area (Å²) in [6.45, 7) is 8.26. The molecule has 0 aliphatic carbocycles. The molecule has 0 radical (unpaired) electrons. The number of aliphatic hydroxyl groups excluding tert-OH is 1. The number of methoxy groups -OCH3 is 1. The highest BCUT2D eigenvalue weighted by molar-refractivity contribution is 5.79. The smallest absolute Gasteiger partial charge is 0.191 e. The van der Waals surface area contributed by atoms with Gasteiger partial charge in [-0.3, -0.25) is 0 Å². The Morgan fingerprint density at radius 2 is 1.66 bits per heavy atom. The van der Waals surface area contributed by atoms with Crippen molar-refractivity contribution in [2.75, 3.05) is 20.2 Å². The second-order valence-electron chi connectivity index (χ2n) is 7.08. The summed E-state index contributed by atoms with van der Waals surface area (Å²) in [6, 6.07) is 15.7. The van der Waals surface area contributed by atoms with E-state index in [4.69, 9.17) is 9.47 Å². The van der Waals surface area contributed by atoms with Gasteiger partial charge in [-0.2, -0.15) is 0 Å². The molecule has 6 heteroatoms. The molecule has 2 rings (SSSR count). The van der Waals surface area contributed by atoms with Crippen molar-refractivity contribution in [3.8, 4) is 5.75 Å². The number of hydrogen-bond donors (Lipinski definition) is 3. The first-order chi connectivity index (χ1) is 14.0. The van der Waals surface area contributed by atoms with Crippen molar-refractivity contribution in [3.05, 3.63) is 65.2 Å². The molecule has 0 amide bonds. The van der Waals surface area contributed by atoms with E-state index in [1.165, 1.54) is 0 Å². The predicted molar refractivity (Wildman–Crippen MR) is 117 cm³/mol. The van der Waals surface area contributed by atoms with Gasteiger partial charge in [-0.15, -0.1) is 0 Å². The van der Waals surface area contributed by atoms with Gasteiger partial charge in [0.1, 0.15) is 5.75 Å². The summed E-state index contributed by atoms with van der Waals surface area (Å²) in [5, 5.41) is 16.9. The lowest BCUT2D eigenvalue weighted by Gasteiger charge is -2.16. The van der Waals surface area contributed by atoms with Gasteiger partial charge >= 0.3 is 0 Å². The molecule has 2 aromatic carbocycles. The van der Waals surface area contributed by atoms with Crippen LogP contribution in [0.25, 0.3) is 0 Å². The first-order valence-corrected chi connectivity index (χ1v) is 10.1. The molecule has 158 valence electrons. The Hall–Kier alpha value is -2.57. The van der Waals surface area contributed by atoms with Crippen LogP contribution in [0.15, 0.2) is 53.5 Å². The van der Waals surface area contributed by atoms with Crippen molar-refractivity contribution in [1.82, 2.24) is 10.6 Å². The normalized spacial score (nSPS) is 12.7. The minimum absolute atomic E-state index is 0.127. The van der Waals surface area contributed by atoms with Crippen LogP contribution in [-0.4, -0.2) is 37.4 Å². The van der Waals surface area contributed by atoms with Gasteiger partial charge in [-0.1, -0.05) is 36.4 Å². The molecule has 29 heavy (non-hydrogen) atoms. The minimum atomic E-state index is -0.639. The van der Waals surface area contributed by atoms with Crippen LogP contribution in [0.1, 0.15) is 43.6 Å². The number of rotatable bonds is 10. The molecule has 0 heterocycles. The zero-order valence-electron chi connectivity index (χ0n) is 17.8. The third-order valence-electron chi connectivity index (χ3n) is 4.20. The Labute approximate surface area is 174 Å². The van der Waals surface area contributed by atoms with E-state index in [9.17, 15) is 5.11 Å². The summed E-state index contributed by atoms with van der Waals surface area (Å²) in [4.78, 5) is 4.60. The van der Waals surface area contributed by atoms with Gasteiger partial charge in [0.15, 0.2) is 5.96 Å². The maximum absolute atomic E-state index is 10.5. The topological polar surface area (TPSA) is 75.1 Å². The Balaban J connectivity index is 1.90. The minimum Gasteiger partial charge on any atom is -0.491 e. The number of guanidine groups is 1. The highest BCUT2D eigenvalue weighted by atomic mass is 16.5. The van der Waals surface area contributed by atoms with Crippen molar-refractivity contribution in [2.24, 2.45) is 4.99 Å². The van der Waals surface area contributed by atoms with E-state index >= 15 is 0 Å². The van der Waals surface area contributed by atoms with Gasteiger partial charge in [0.2, 0.25) is 0 Å². The second-order valence-corrected chi connectivity index (χ2v) is 7.08. The summed E-state index contributed by atoms with van der Waals surface area (Å²) >= 11 is 0. The van der Waals surface area contributed by atoms with Crippen LogP contribution in [0, 0.1) is 0 Å². The lowest BCUT2D eigenvalue weighted by molar-refractivity contribution is 0.180. The molecule has 0 spiro atoms. The summed E-state index contributed by atoms with van der Waals surface area (Å²) in [7, 11) is 1.69. The first kappa shape index (κ1) is 22.7. The molecule has 2 aromatic rings. The van der Waals surface area contributed by atoms with Crippen LogP contribution in [-0.2, 0) is 17.9 Å². The van der Waals surface area contributed by atoms with Crippen molar-refractivity contribution in [3.63, 3.8) is 0 Å². The molecule has 6 nitrogen and oxygen atoms in total. The Morgan fingerprint density at radius 1 is 1.00 bits per heavy atom. The Kier molecular flexibility index (Phi) is 9.47. The van der Waals surface area contributed by atoms with Crippen molar-refractivity contribution in [1.29, 1.82) is 0 Å². The molecule has 0 bridgehead atoms. The van der Waals surface area contributed by atoms with Gasteiger partial charge in [-0.05, 0) is 49.6 Å². The third kappa shape index (κ3) is 8.13. The van der Waals surface area contributed by atoms with E-state index < -0.39 is 6.10 Å². The maximum Gasteiger partial charge on any atom is 0.191 e. The first-order valence-electron chi connectivity index (χ1n) is 10.1. The predicted octanol–water partition coefficient (Wildman–Crippen LogP) is 3.41. The van der Waals surface area contributed by atoms with Crippen LogP contribution in [0.5, 0.6) is 5.75 Å². The van der Waals surface area contributed by atoms with Crippen LogP contribution in [0.3, 0.4) is 0 Å². The monoisotopic (exact) mass is 399 g/mol. The maximum atomic E-state index is 10.5. The van der Waals surface area contributed by atoms with E-state index in [0.29, 0.717) is 25.7 Å². The Morgan fingerprint density at radius 3 is 2.24 bits per heavy atom. The highest BCUT2D eigenvalue weighted by Gasteiger charge is 2.09. The summed E-state index contributed by atoms with van der Waals surface area (Å²) < 4.78 is 10.8. The standard InChI is InChI=1S/C23H33N3O3/c1-5-24-23(25-14-18-6-8-19(9-7-18)16-28-4)26-15-22(27)20-10-12-21(13-11-20)29-17(2)3/h6-13,17,22,27H,5,14-16H2,1-4H3,(H2,24,25,26). The van der Waals surface area contributed by atoms with Crippen molar-refractivity contribution in [2.45, 2.75) is 46.1 Å². The largest absolute Gasteiger partial charge is 0.491 e. The molecular formula is C23H33N3O3. The van der Waals surface area contributed by atoms with E-state index in [1.54, 1.807) is 7.11 Å². The van der Waals surface area contributed by atoms with Gasteiger partial charge in [0, 0.05) is 20.2 Å². The molecule has 1 atom stereocenters. The fraction of sp³-hybridized carbons (Fsp3) is 0.435. The van der Waals surface area contributed by atoms with E-state index in [-0.39, 0.29) is 6.10 Å². The number of hydrogen-bond acceptors (Lipinski definition) is 4. The van der Waals surface area contributed by atoms with Crippen LogP contribution in [0.2, 0.25) is 0 Å². The molecule has 0 saturated heterocycles. The number of aliphatic hydroxyl groups is 1. The molecular weight excluding hydrogens is 366 g/mol. The summed E-state index contributed by atoms with van der Waals surface area (Å²) in [5.74, 6) is 1.47. The number of nitrogens with one attached hydrogen (secondary N) is 2. The van der Waals surface area contributed by atoms with Gasteiger partial charge in [0.25, 0.3) is 0 Å². The van der Waals surface area contributed by atoms with Crippen LogP contribution < -0.4 is 15.4 Å². The van der Waals surface area contributed by atoms with E-state index in [2.05, 4.69) is 27.8 Å². The molecule has 0 saturated carbocycles. The molecule has 1 unspecified atom stereocenters. The van der Waals surface area contributed by atoms with Crippen LogP contribution >= 0.6 is 0 Å². The molecule has 0 fully saturated rings. The number of nitrogens with zero attached hydrogens (tertiary/aromatic N) is 1. The quantitative estimate of drug-likeness (QED) is 0.422. The zero-order chi connectivity index (χ0) is 21.1. The number of benzene rings is 2. The van der Waals surface area contributed by atoms with E-state index in [0.717, 1.165) is 29.0 Å². The van der Waals surface area contributed by atoms with E-state index in [1.807, 2.05) is 57.2 Å². The molecule has 3 N–H and O–H groups in total. The number of ether oxygens (including phenoxy) is 2. The molecule has 0 aliphatic rings. The lowest BCUT2D eigenvalue weighted by Crippen LogP contribution is -2.39.